The average molecular weight is 250 g/mol. The SMILES string of the molecule is CNc1cnccc1-c1cc(F)c(F)cc1OC. The van der Waals surface area contributed by atoms with E-state index in [-0.39, 0.29) is 5.75 Å². The van der Waals surface area contributed by atoms with Crippen molar-refractivity contribution in [1.82, 2.24) is 4.98 Å². The van der Waals surface area contributed by atoms with Crippen LogP contribution in [0.1, 0.15) is 0 Å². The minimum Gasteiger partial charge on any atom is -0.496 e. The van der Waals surface area contributed by atoms with E-state index in [0.29, 0.717) is 16.8 Å². The summed E-state index contributed by atoms with van der Waals surface area (Å²) in [5.41, 5.74) is 1.88. The second-order valence-electron chi connectivity index (χ2n) is 3.64. The van der Waals surface area contributed by atoms with Gasteiger partial charge in [-0.3, -0.25) is 4.98 Å². The molecule has 1 N–H and O–H groups in total. The maximum absolute atomic E-state index is 13.4. The van der Waals surface area contributed by atoms with Crippen molar-refractivity contribution in [3.63, 3.8) is 0 Å². The fourth-order valence-electron chi connectivity index (χ4n) is 1.74. The predicted molar refractivity (Wildman–Crippen MR) is 65.7 cm³/mol. The highest BCUT2D eigenvalue weighted by molar-refractivity contribution is 5.81. The molecule has 0 aliphatic heterocycles. The first-order valence-corrected chi connectivity index (χ1v) is 5.32. The first-order valence-electron chi connectivity index (χ1n) is 5.32. The first-order chi connectivity index (χ1) is 8.67. The summed E-state index contributed by atoms with van der Waals surface area (Å²) in [7, 11) is 3.14. The quantitative estimate of drug-likeness (QED) is 0.909. The van der Waals surface area contributed by atoms with Crippen LogP contribution in [0.3, 0.4) is 0 Å². The van der Waals surface area contributed by atoms with E-state index in [9.17, 15) is 8.78 Å². The zero-order valence-corrected chi connectivity index (χ0v) is 10.00. The number of nitrogens with one attached hydrogen (secondary N) is 1. The Kier molecular flexibility index (Phi) is 3.41. The van der Waals surface area contributed by atoms with E-state index in [0.717, 1.165) is 12.1 Å². The zero-order chi connectivity index (χ0) is 13.1. The molecule has 1 aromatic carbocycles. The Morgan fingerprint density at radius 1 is 1.17 bits per heavy atom. The Morgan fingerprint density at radius 2 is 1.89 bits per heavy atom. The third kappa shape index (κ3) is 2.11. The number of aromatic nitrogens is 1. The average Bonchev–Trinajstić information content (AvgIpc) is 2.41. The number of rotatable bonds is 3. The molecule has 2 aromatic rings. The Balaban J connectivity index is 2.66. The van der Waals surface area contributed by atoms with Crippen LogP contribution in [-0.4, -0.2) is 19.1 Å². The van der Waals surface area contributed by atoms with Gasteiger partial charge in [-0.1, -0.05) is 0 Å². The van der Waals surface area contributed by atoms with Crippen LogP contribution in [0.25, 0.3) is 11.1 Å². The van der Waals surface area contributed by atoms with Crippen LogP contribution in [0, 0.1) is 11.6 Å². The molecule has 0 radical (unpaired) electrons. The van der Waals surface area contributed by atoms with Crippen LogP contribution in [0.15, 0.2) is 30.6 Å². The van der Waals surface area contributed by atoms with Crippen molar-refractivity contribution in [2.45, 2.75) is 0 Å². The van der Waals surface area contributed by atoms with Crippen molar-refractivity contribution in [1.29, 1.82) is 0 Å². The summed E-state index contributed by atoms with van der Waals surface area (Å²) in [6.45, 7) is 0. The third-order valence-electron chi connectivity index (χ3n) is 2.62. The molecule has 0 aliphatic rings. The van der Waals surface area contributed by atoms with Gasteiger partial charge in [0.1, 0.15) is 5.75 Å². The van der Waals surface area contributed by atoms with E-state index >= 15 is 0 Å². The van der Waals surface area contributed by atoms with Gasteiger partial charge in [0.15, 0.2) is 11.6 Å². The topological polar surface area (TPSA) is 34.2 Å². The van der Waals surface area contributed by atoms with Crippen molar-refractivity contribution in [2.75, 3.05) is 19.5 Å². The van der Waals surface area contributed by atoms with Gasteiger partial charge in [-0.05, 0) is 12.1 Å². The molecule has 3 nitrogen and oxygen atoms in total. The lowest BCUT2D eigenvalue weighted by Crippen LogP contribution is -1.97. The van der Waals surface area contributed by atoms with Gasteiger partial charge in [-0.25, -0.2) is 8.78 Å². The number of ether oxygens (including phenoxy) is 1. The van der Waals surface area contributed by atoms with Crippen molar-refractivity contribution in [3.05, 3.63) is 42.2 Å². The molecule has 5 heteroatoms. The number of hydrogen-bond acceptors (Lipinski definition) is 3. The Hall–Kier alpha value is -2.17. The van der Waals surface area contributed by atoms with Crippen LogP contribution in [-0.2, 0) is 0 Å². The van der Waals surface area contributed by atoms with Crippen molar-refractivity contribution >= 4 is 5.69 Å². The molecule has 2 rings (SSSR count). The molecule has 0 atom stereocenters. The van der Waals surface area contributed by atoms with E-state index in [2.05, 4.69) is 10.3 Å². The third-order valence-corrected chi connectivity index (χ3v) is 2.62. The number of anilines is 1. The zero-order valence-electron chi connectivity index (χ0n) is 10.00. The lowest BCUT2D eigenvalue weighted by molar-refractivity contribution is 0.408. The highest BCUT2D eigenvalue weighted by atomic mass is 19.2. The van der Waals surface area contributed by atoms with E-state index < -0.39 is 11.6 Å². The van der Waals surface area contributed by atoms with Gasteiger partial charge in [0.25, 0.3) is 0 Å². The summed E-state index contributed by atoms with van der Waals surface area (Å²) >= 11 is 0. The van der Waals surface area contributed by atoms with Gasteiger partial charge in [0.2, 0.25) is 0 Å². The van der Waals surface area contributed by atoms with Crippen LogP contribution < -0.4 is 10.1 Å². The van der Waals surface area contributed by atoms with Gasteiger partial charge < -0.3 is 10.1 Å². The molecule has 18 heavy (non-hydrogen) atoms. The van der Waals surface area contributed by atoms with Gasteiger partial charge in [0.05, 0.1) is 19.0 Å². The molecule has 0 bridgehead atoms. The molecule has 0 unspecified atom stereocenters. The van der Waals surface area contributed by atoms with E-state index in [1.54, 1.807) is 25.5 Å². The Morgan fingerprint density at radius 3 is 2.56 bits per heavy atom. The number of halogens is 2. The second kappa shape index (κ2) is 5.00. The molecule has 1 aromatic heterocycles. The van der Waals surface area contributed by atoms with Crippen molar-refractivity contribution in [2.24, 2.45) is 0 Å². The maximum atomic E-state index is 13.4. The summed E-state index contributed by atoms with van der Waals surface area (Å²) < 4.78 is 31.6. The standard InChI is InChI=1S/C13H12F2N2O/c1-16-12-7-17-4-3-8(12)9-5-10(14)11(15)6-13(9)18-2/h3-7,16H,1-2H3. The van der Waals surface area contributed by atoms with Crippen LogP contribution >= 0.6 is 0 Å². The fraction of sp³-hybridized carbons (Fsp3) is 0.154. The number of benzene rings is 1. The monoisotopic (exact) mass is 250 g/mol. The van der Waals surface area contributed by atoms with Gasteiger partial charge in [-0.2, -0.15) is 0 Å². The minimum absolute atomic E-state index is 0.275. The van der Waals surface area contributed by atoms with Gasteiger partial charge in [-0.15, -0.1) is 0 Å². The number of methoxy groups -OCH3 is 1. The van der Waals surface area contributed by atoms with E-state index in [4.69, 9.17) is 4.74 Å². The van der Waals surface area contributed by atoms with Crippen LogP contribution in [0.4, 0.5) is 14.5 Å². The van der Waals surface area contributed by atoms with E-state index in [1.807, 2.05) is 0 Å². The van der Waals surface area contributed by atoms with E-state index in [1.165, 1.54) is 7.11 Å². The summed E-state index contributed by atoms with van der Waals surface area (Å²) in [4.78, 5) is 3.97. The van der Waals surface area contributed by atoms with Gasteiger partial charge in [0, 0.05) is 30.4 Å². The molecule has 0 saturated heterocycles. The predicted octanol–water partition coefficient (Wildman–Crippen LogP) is 3.08. The summed E-state index contributed by atoms with van der Waals surface area (Å²) in [6.07, 6.45) is 3.19. The molecule has 0 spiro atoms. The Labute approximate surface area is 103 Å². The molecular formula is C13H12F2N2O. The first kappa shape index (κ1) is 12.3. The lowest BCUT2D eigenvalue weighted by Gasteiger charge is -2.12. The van der Waals surface area contributed by atoms with Gasteiger partial charge >= 0.3 is 0 Å². The maximum Gasteiger partial charge on any atom is 0.162 e. The number of nitrogens with zero attached hydrogens (tertiary/aromatic N) is 1. The molecule has 0 aliphatic carbocycles. The Bertz CT molecular complexity index is 573. The minimum atomic E-state index is -0.935. The fourth-order valence-corrected chi connectivity index (χ4v) is 1.74. The summed E-state index contributed by atoms with van der Waals surface area (Å²) in [5, 5.41) is 2.95. The summed E-state index contributed by atoms with van der Waals surface area (Å²) in [5.74, 6) is -1.57. The molecule has 0 saturated carbocycles. The second-order valence-corrected chi connectivity index (χ2v) is 3.64. The molecule has 1 heterocycles. The summed E-state index contributed by atoms with van der Waals surface area (Å²) in [6, 6.07) is 3.86. The van der Waals surface area contributed by atoms with Crippen molar-refractivity contribution in [3.8, 4) is 16.9 Å². The van der Waals surface area contributed by atoms with Crippen LogP contribution in [0.5, 0.6) is 5.75 Å². The molecule has 0 amide bonds. The number of pyridine rings is 1. The molecular weight excluding hydrogens is 238 g/mol. The smallest absolute Gasteiger partial charge is 0.162 e. The molecule has 0 fully saturated rings. The molecule has 94 valence electrons. The van der Waals surface area contributed by atoms with Crippen molar-refractivity contribution < 1.29 is 13.5 Å². The number of hydrogen-bond donors (Lipinski definition) is 1. The highest BCUT2D eigenvalue weighted by Crippen LogP contribution is 2.35. The highest BCUT2D eigenvalue weighted by Gasteiger charge is 2.14. The van der Waals surface area contributed by atoms with Crippen LogP contribution in [0.2, 0.25) is 0 Å². The largest absolute Gasteiger partial charge is 0.496 e. The lowest BCUT2D eigenvalue weighted by atomic mass is 10.0. The normalized spacial score (nSPS) is 10.2.